The van der Waals surface area contributed by atoms with E-state index in [2.05, 4.69) is 15.4 Å². The zero-order valence-corrected chi connectivity index (χ0v) is 14.5. The van der Waals surface area contributed by atoms with Gasteiger partial charge in [0, 0.05) is 5.75 Å². The molecule has 1 aromatic heterocycles. The number of rotatable bonds is 3. The zero-order chi connectivity index (χ0) is 16.4. The molecular weight excluding hydrogens is 332 g/mol. The van der Waals surface area contributed by atoms with Crippen molar-refractivity contribution >= 4 is 34.4 Å². The fourth-order valence-corrected chi connectivity index (χ4v) is 3.40. The highest BCUT2D eigenvalue weighted by molar-refractivity contribution is 8.14. The molecular formula is C16H17ClN4OS. The maximum atomic E-state index is 12.4. The average Bonchev–Trinajstić information content (AvgIpc) is 3.10. The quantitative estimate of drug-likeness (QED) is 0.927. The lowest BCUT2D eigenvalue weighted by molar-refractivity contribution is 0.0977. The van der Waals surface area contributed by atoms with Gasteiger partial charge in [0.25, 0.3) is 5.91 Å². The third-order valence-electron chi connectivity index (χ3n) is 3.55. The van der Waals surface area contributed by atoms with E-state index >= 15 is 0 Å². The predicted octanol–water partition coefficient (Wildman–Crippen LogP) is 3.03. The van der Waals surface area contributed by atoms with E-state index in [-0.39, 0.29) is 5.91 Å². The van der Waals surface area contributed by atoms with Crippen molar-refractivity contribution in [3.63, 3.8) is 0 Å². The molecule has 1 aliphatic rings. The normalized spacial score (nSPS) is 14.0. The Morgan fingerprint density at radius 1 is 1.35 bits per heavy atom. The van der Waals surface area contributed by atoms with Gasteiger partial charge in [0.15, 0.2) is 5.17 Å². The number of hydrogen-bond donors (Lipinski definition) is 1. The first-order valence-corrected chi connectivity index (χ1v) is 8.68. The van der Waals surface area contributed by atoms with Crippen LogP contribution in [-0.4, -0.2) is 33.2 Å². The summed E-state index contributed by atoms with van der Waals surface area (Å²) in [4.78, 5) is 16.6. The van der Waals surface area contributed by atoms with Gasteiger partial charge in [-0.3, -0.25) is 9.79 Å². The maximum Gasteiger partial charge on any atom is 0.262 e. The molecule has 0 fully saturated rings. The molecule has 1 aromatic carbocycles. The molecule has 1 amide bonds. The summed E-state index contributed by atoms with van der Waals surface area (Å²) in [7, 11) is 0. The molecule has 7 heteroatoms. The standard InChI is InChI=1S/C16H17ClN4OS/c1-10-3-5-12(6-4-10)9-21-14(17)13(11(2)20-21)15(22)19-16-18-7-8-23-16/h3-6H,7-9H2,1-2H3,(H,18,19,22). The van der Waals surface area contributed by atoms with Gasteiger partial charge in [0.1, 0.15) is 5.15 Å². The second-order valence-corrected chi connectivity index (χ2v) is 6.83. The number of hydrogen-bond acceptors (Lipinski definition) is 4. The van der Waals surface area contributed by atoms with Gasteiger partial charge in [0.2, 0.25) is 0 Å². The lowest BCUT2D eigenvalue weighted by Crippen LogP contribution is -2.27. The van der Waals surface area contributed by atoms with E-state index in [0.29, 0.717) is 28.1 Å². The lowest BCUT2D eigenvalue weighted by atomic mass is 10.1. The van der Waals surface area contributed by atoms with E-state index < -0.39 is 0 Å². The molecule has 2 heterocycles. The number of aryl methyl sites for hydroxylation is 2. The summed E-state index contributed by atoms with van der Waals surface area (Å²) < 4.78 is 1.65. The Balaban J connectivity index is 1.81. The highest BCUT2D eigenvalue weighted by Crippen LogP contribution is 2.22. The Labute approximate surface area is 144 Å². The molecule has 0 radical (unpaired) electrons. The lowest BCUT2D eigenvalue weighted by Gasteiger charge is -2.05. The van der Waals surface area contributed by atoms with E-state index in [1.807, 2.05) is 31.2 Å². The van der Waals surface area contributed by atoms with Crippen molar-refractivity contribution in [2.24, 2.45) is 4.99 Å². The van der Waals surface area contributed by atoms with Gasteiger partial charge in [-0.25, -0.2) is 4.68 Å². The van der Waals surface area contributed by atoms with Gasteiger partial charge >= 0.3 is 0 Å². The van der Waals surface area contributed by atoms with Gasteiger partial charge in [-0.15, -0.1) is 0 Å². The fourth-order valence-electron chi connectivity index (χ4n) is 2.35. The number of nitrogens with one attached hydrogen (secondary N) is 1. The third-order valence-corrected chi connectivity index (χ3v) is 4.83. The van der Waals surface area contributed by atoms with Crippen LogP contribution < -0.4 is 5.32 Å². The number of carbonyl (C=O) groups excluding carboxylic acids is 1. The molecule has 1 aliphatic heterocycles. The Hall–Kier alpha value is -1.79. The van der Waals surface area contributed by atoms with Crippen molar-refractivity contribution < 1.29 is 4.79 Å². The van der Waals surface area contributed by atoms with E-state index in [1.165, 1.54) is 17.3 Å². The number of halogens is 1. The summed E-state index contributed by atoms with van der Waals surface area (Å²) >= 11 is 7.92. The molecule has 3 rings (SSSR count). The Bertz CT molecular complexity index is 767. The minimum absolute atomic E-state index is 0.254. The third kappa shape index (κ3) is 3.59. The highest BCUT2D eigenvalue weighted by Gasteiger charge is 2.22. The number of nitrogens with zero attached hydrogens (tertiary/aromatic N) is 3. The molecule has 23 heavy (non-hydrogen) atoms. The Morgan fingerprint density at radius 3 is 2.74 bits per heavy atom. The van der Waals surface area contributed by atoms with Crippen LogP contribution in [0, 0.1) is 13.8 Å². The molecule has 0 atom stereocenters. The Kier molecular flexibility index (Phi) is 4.73. The van der Waals surface area contributed by atoms with Crippen LogP contribution in [0.2, 0.25) is 5.15 Å². The SMILES string of the molecule is Cc1ccc(Cn2nc(C)c(C(=O)NC3=NCCS3)c2Cl)cc1. The van der Waals surface area contributed by atoms with Crippen LogP contribution in [0.5, 0.6) is 0 Å². The van der Waals surface area contributed by atoms with Crippen LogP contribution in [0.1, 0.15) is 27.2 Å². The molecule has 0 saturated heterocycles. The first kappa shape index (κ1) is 16.1. The fraction of sp³-hybridized carbons (Fsp3) is 0.312. The minimum atomic E-state index is -0.254. The van der Waals surface area contributed by atoms with Crippen LogP contribution >= 0.6 is 23.4 Å². The number of amides is 1. The summed E-state index contributed by atoms with van der Waals surface area (Å²) in [6, 6.07) is 8.16. The number of carbonyl (C=O) groups is 1. The first-order chi connectivity index (χ1) is 11.0. The summed E-state index contributed by atoms with van der Waals surface area (Å²) in [5.41, 5.74) is 3.31. The number of aromatic nitrogens is 2. The molecule has 2 aromatic rings. The molecule has 0 bridgehead atoms. The van der Waals surface area contributed by atoms with Crippen molar-refractivity contribution in [1.29, 1.82) is 0 Å². The van der Waals surface area contributed by atoms with Crippen molar-refractivity contribution in [1.82, 2.24) is 15.1 Å². The molecule has 120 valence electrons. The summed E-state index contributed by atoms with van der Waals surface area (Å²) in [6.07, 6.45) is 0. The molecule has 0 unspecified atom stereocenters. The van der Waals surface area contributed by atoms with E-state index in [0.717, 1.165) is 17.9 Å². The summed E-state index contributed by atoms with van der Waals surface area (Å²) in [6.45, 7) is 5.10. The van der Waals surface area contributed by atoms with Crippen molar-refractivity contribution in [3.8, 4) is 0 Å². The molecule has 0 spiro atoms. The monoisotopic (exact) mass is 348 g/mol. The molecule has 0 aliphatic carbocycles. The topological polar surface area (TPSA) is 59.3 Å². The van der Waals surface area contributed by atoms with Crippen molar-refractivity contribution in [2.75, 3.05) is 12.3 Å². The van der Waals surface area contributed by atoms with Crippen LogP contribution in [-0.2, 0) is 6.54 Å². The van der Waals surface area contributed by atoms with Crippen LogP contribution in [0.15, 0.2) is 29.3 Å². The number of benzene rings is 1. The maximum absolute atomic E-state index is 12.4. The van der Waals surface area contributed by atoms with Gasteiger partial charge in [-0.05, 0) is 19.4 Å². The number of thioether (sulfide) groups is 1. The van der Waals surface area contributed by atoms with Crippen LogP contribution in [0.3, 0.4) is 0 Å². The smallest absolute Gasteiger partial charge is 0.262 e. The second-order valence-electron chi connectivity index (χ2n) is 5.38. The first-order valence-electron chi connectivity index (χ1n) is 7.31. The van der Waals surface area contributed by atoms with Gasteiger partial charge in [-0.1, -0.05) is 53.2 Å². The summed E-state index contributed by atoms with van der Waals surface area (Å²) in [5, 5.41) is 8.20. The Morgan fingerprint density at radius 2 is 2.09 bits per heavy atom. The van der Waals surface area contributed by atoms with Crippen molar-refractivity contribution in [2.45, 2.75) is 20.4 Å². The van der Waals surface area contributed by atoms with Crippen LogP contribution in [0.4, 0.5) is 0 Å². The second kappa shape index (κ2) is 6.76. The summed E-state index contributed by atoms with van der Waals surface area (Å²) in [5.74, 6) is 0.644. The zero-order valence-electron chi connectivity index (χ0n) is 13.0. The molecule has 5 nitrogen and oxygen atoms in total. The van der Waals surface area contributed by atoms with Crippen molar-refractivity contribution in [3.05, 3.63) is 51.8 Å². The number of amidine groups is 1. The molecule has 1 N–H and O–H groups in total. The molecule has 0 saturated carbocycles. The largest absolute Gasteiger partial charge is 0.301 e. The van der Waals surface area contributed by atoms with Gasteiger partial charge in [-0.2, -0.15) is 5.10 Å². The number of aliphatic imine (C=N–C) groups is 1. The van der Waals surface area contributed by atoms with E-state index in [1.54, 1.807) is 11.6 Å². The van der Waals surface area contributed by atoms with E-state index in [9.17, 15) is 4.79 Å². The highest BCUT2D eigenvalue weighted by atomic mass is 35.5. The minimum Gasteiger partial charge on any atom is -0.301 e. The average molecular weight is 349 g/mol. The van der Waals surface area contributed by atoms with Gasteiger partial charge in [0.05, 0.1) is 24.3 Å². The van der Waals surface area contributed by atoms with Crippen LogP contribution in [0.25, 0.3) is 0 Å². The van der Waals surface area contributed by atoms with Gasteiger partial charge < -0.3 is 5.32 Å². The predicted molar refractivity (Wildman–Crippen MR) is 94.5 cm³/mol. The van der Waals surface area contributed by atoms with E-state index in [4.69, 9.17) is 11.6 Å².